The van der Waals surface area contributed by atoms with E-state index in [1.165, 1.54) is 12.1 Å². The van der Waals surface area contributed by atoms with E-state index < -0.39 is 0 Å². The number of benzene rings is 2. The van der Waals surface area contributed by atoms with Gasteiger partial charge in [-0.3, -0.25) is 0 Å². The molecule has 1 N–H and O–H groups in total. The lowest BCUT2D eigenvalue weighted by atomic mass is 10.2. The molecule has 0 unspecified atom stereocenters. The molecule has 0 radical (unpaired) electrons. The summed E-state index contributed by atoms with van der Waals surface area (Å²) >= 11 is 6.86. The van der Waals surface area contributed by atoms with Crippen molar-refractivity contribution in [2.75, 3.05) is 0 Å². The molecule has 2 rings (SSSR count). The van der Waals surface area contributed by atoms with Crippen LogP contribution in [0.2, 0.25) is 0 Å². The van der Waals surface area contributed by atoms with E-state index in [0.717, 1.165) is 14.5 Å². The van der Waals surface area contributed by atoms with Crippen LogP contribution in [-0.2, 0) is 6.54 Å². The molecule has 0 aliphatic rings. The number of hydrogen-bond donors (Lipinski definition) is 1. The van der Waals surface area contributed by atoms with Gasteiger partial charge in [0, 0.05) is 22.6 Å². The molecule has 0 fully saturated rings. The summed E-state index contributed by atoms with van der Waals surface area (Å²) in [6.07, 6.45) is 0. The molecule has 0 aliphatic heterocycles. The van der Waals surface area contributed by atoms with Crippen LogP contribution in [-0.4, -0.2) is 6.04 Å². The van der Waals surface area contributed by atoms with Crippen molar-refractivity contribution in [2.24, 2.45) is 0 Å². The molecule has 0 heterocycles. The number of rotatable bonds is 5. The predicted octanol–water partition coefficient (Wildman–Crippen LogP) is 5.64. The van der Waals surface area contributed by atoms with Crippen molar-refractivity contribution in [1.82, 2.24) is 5.32 Å². The summed E-state index contributed by atoms with van der Waals surface area (Å²) < 4.78 is 21.1. The molecule has 21 heavy (non-hydrogen) atoms. The minimum absolute atomic E-state index is 0.266. The van der Waals surface area contributed by atoms with Crippen molar-refractivity contribution in [3.05, 3.63) is 56.7 Å². The molecule has 0 saturated carbocycles. The molecule has 0 bridgehead atoms. The summed E-state index contributed by atoms with van der Waals surface area (Å²) in [6, 6.07) is 10.5. The molecule has 0 saturated heterocycles. The molecule has 2 aromatic carbocycles. The van der Waals surface area contributed by atoms with Gasteiger partial charge in [0.05, 0.1) is 4.47 Å². The van der Waals surface area contributed by atoms with Crippen LogP contribution in [0.3, 0.4) is 0 Å². The van der Waals surface area contributed by atoms with Crippen molar-refractivity contribution in [3.8, 4) is 11.5 Å². The first-order valence-corrected chi connectivity index (χ1v) is 8.19. The zero-order valence-electron chi connectivity index (χ0n) is 11.8. The molecule has 0 atom stereocenters. The first-order chi connectivity index (χ1) is 9.95. The van der Waals surface area contributed by atoms with Crippen LogP contribution < -0.4 is 10.1 Å². The van der Waals surface area contributed by atoms with Crippen molar-refractivity contribution < 1.29 is 9.13 Å². The minimum Gasteiger partial charge on any atom is -0.456 e. The molecule has 5 heteroatoms. The molecular formula is C16H16Br2FNO. The maximum Gasteiger partial charge on any atom is 0.141 e. The van der Waals surface area contributed by atoms with E-state index in [1.807, 2.05) is 32.0 Å². The number of ether oxygens (including phenoxy) is 1. The topological polar surface area (TPSA) is 21.3 Å². The smallest absolute Gasteiger partial charge is 0.141 e. The van der Waals surface area contributed by atoms with Crippen LogP contribution in [0.1, 0.15) is 19.4 Å². The highest BCUT2D eigenvalue weighted by Gasteiger charge is 2.09. The standard InChI is InChI=1S/C16H16Br2FNO/c1-10(2)20-9-11-7-13(19)4-6-15(11)21-16-5-3-12(17)8-14(16)18/h3-8,10,20H,9H2,1-2H3. The third-order valence-corrected chi connectivity index (χ3v) is 3.95. The SMILES string of the molecule is CC(C)NCc1cc(F)ccc1Oc1ccc(Br)cc1Br. The molecular weight excluding hydrogens is 401 g/mol. The van der Waals surface area contributed by atoms with Gasteiger partial charge >= 0.3 is 0 Å². The van der Waals surface area contributed by atoms with Gasteiger partial charge in [-0.05, 0) is 52.3 Å². The zero-order valence-corrected chi connectivity index (χ0v) is 15.0. The van der Waals surface area contributed by atoms with Crippen molar-refractivity contribution in [2.45, 2.75) is 26.4 Å². The summed E-state index contributed by atoms with van der Waals surface area (Å²) in [6.45, 7) is 4.65. The maximum absolute atomic E-state index is 13.4. The van der Waals surface area contributed by atoms with E-state index in [2.05, 4.69) is 37.2 Å². The Morgan fingerprint density at radius 1 is 1.10 bits per heavy atom. The fourth-order valence-electron chi connectivity index (χ4n) is 1.78. The third-order valence-electron chi connectivity index (χ3n) is 2.84. The maximum atomic E-state index is 13.4. The zero-order chi connectivity index (χ0) is 15.4. The largest absolute Gasteiger partial charge is 0.456 e. The van der Waals surface area contributed by atoms with Crippen LogP contribution in [0, 0.1) is 5.82 Å². The average molecular weight is 417 g/mol. The van der Waals surface area contributed by atoms with E-state index in [0.29, 0.717) is 24.1 Å². The fraction of sp³-hybridized carbons (Fsp3) is 0.250. The summed E-state index contributed by atoms with van der Waals surface area (Å²) in [7, 11) is 0. The van der Waals surface area contributed by atoms with Crippen molar-refractivity contribution >= 4 is 31.9 Å². The van der Waals surface area contributed by atoms with Crippen LogP contribution >= 0.6 is 31.9 Å². The Labute approximate surface area is 141 Å². The molecule has 112 valence electrons. The Hall–Kier alpha value is -0.910. The van der Waals surface area contributed by atoms with E-state index in [4.69, 9.17) is 4.74 Å². The highest BCUT2D eigenvalue weighted by molar-refractivity contribution is 9.11. The van der Waals surface area contributed by atoms with Gasteiger partial charge in [-0.25, -0.2) is 4.39 Å². The summed E-state index contributed by atoms with van der Waals surface area (Å²) in [5.74, 6) is 1.07. The molecule has 0 amide bonds. The molecule has 2 nitrogen and oxygen atoms in total. The van der Waals surface area contributed by atoms with E-state index in [9.17, 15) is 4.39 Å². The summed E-state index contributed by atoms with van der Waals surface area (Å²) in [5, 5.41) is 3.27. The van der Waals surface area contributed by atoms with Gasteiger partial charge in [-0.2, -0.15) is 0 Å². The second-order valence-corrected chi connectivity index (χ2v) is 6.73. The highest BCUT2D eigenvalue weighted by Crippen LogP contribution is 2.33. The Morgan fingerprint density at radius 2 is 1.81 bits per heavy atom. The molecule has 0 aliphatic carbocycles. The van der Waals surface area contributed by atoms with Gasteiger partial charge in [0.1, 0.15) is 17.3 Å². The lowest BCUT2D eigenvalue weighted by molar-refractivity contribution is 0.464. The Bertz CT molecular complexity index is 632. The Balaban J connectivity index is 2.26. The lowest BCUT2D eigenvalue weighted by Gasteiger charge is -2.14. The quantitative estimate of drug-likeness (QED) is 0.680. The van der Waals surface area contributed by atoms with Crippen molar-refractivity contribution in [3.63, 3.8) is 0 Å². The Kier molecular flexibility index (Phi) is 5.79. The summed E-state index contributed by atoms with van der Waals surface area (Å²) in [5.41, 5.74) is 0.790. The van der Waals surface area contributed by atoms with Gasteiger partial charge in [0.25, 0.3) is 0 Å². The van der Waals surface area contributed by atoms with E-state index in [1.54, 1.807) is 6.07 Å². The lowest BCUT2D eigenvalue weighted by Crippen LogP contribution is -2.22. The average Bonchev–Trinajstić information content (AvgIpc) is 2.41. The second-order valence-electron chi connectivity index (χ2n) is 4.96. The van der Waals surface area contributed by atoms with Gasteiger partial charge in [-0.15, -0.1) is 0 Å². The van der Waals surface area contributed by atoms with Crippen LogP contribution in [0.15, 0.2) is 45.3 Å². The van der Waals surface area contributed by atoms with Crippen LogP contribution in [0.25, 0.3) is 0 Å². The van der Waals surface area contributed by atoms with Crippen LogP contribution in [0.5, 0.6) is 11.5 Å². The number of halogens is 3. The predicted molar refractivity (Wildman–Crippen MR) is 90.3 cm³/mol. The monoisotopic (exact) mass is 415 g/mol. The normalized spacial score (nSPS) is 11.0. The van der Waals surface area contributed by atoms with Crippen LogP contribution in [0.4, 0.5) is 4.39 Å². The van der Waals surface area contributed by atoms with Gasteiger partial charge in [0.2, 0.25) is 0 Å². The molecule has 0 spiro atoms. The van der Waals surface area contributed by atoms with E-state index in [-0.39, 0.29) is 5.82 Å². The van der Waals surface area contributed by atoms with Gasteiger partial charge in [0.15, 0.2) is 0 Å². The fourth-order valence-corrected chi connectivity index (χ4v) is 2.90. The highest BCUT2D eigenvalue weighted by atomic mass is 79.9. The van der Waals surface area contributed by atoms with Crippen molar-refractivity contribution in [1.29, 1.82) is 0 Å². The van der Waals surface area contributed by atoms with Gasteiger partial charge < -0.3 is 10.1 Å². The number of hydrogen-bond acceptors (Lipinski definition) is 2. The summed E-state index contributed by atoms with van der Waals surface area (Å²) in [4.78, 5) is 0. The van der Waals surface area contributed by atoms with E-state index >= 15 is 0 Å². The number of nitrogens with one attached hydrogen (secondary N) is 1. The van der Waals surface area contributed by atoms with Gasteiger partial charge in [-0.1, -0.05) is 29.8 Å². The molecule has 2 aromatic rings. The first kappa shape index (κ1) is 16.5. The molecule has 0 aromatic heterocycles. The second kappa shape index (κ2) is 7.38. The first-order valence-electron chi connectivity index (χ1n) is 6.60. The Morgan fingerprint density at radius 3 is 2.48 bits per heavy atom. The third kappa shape index (κ3) is 4.80. The minimum atomic E-state index is -0.266.